The van der Waals surface area contributed by atoms with Crippen molar-refractivity contribution >= 4 is 5.97 Å². The monoisotopic (exact) mass is 210 g/mol. The summed E-state index contributed by atoms with van der Waals surface area (Å²) in [6.07, 6.45) is 5.78. The highest BCUT2D eigenvalue weighted by Crippen LogP contribution is 1.98. The highest BCUT2D eigenvalue weighted by molar-refractivity contribution is 5.63. The molecule has 0 unspecified atom stereocenters. The second kappa shape index (κ2) is 5.53. The van der Waals surface area contributed by atoms with Crippen LogP contribution in [0.3, 0.4) is 0 Å². The summed E-state index contributed by atoms with van der Waals surface area (Å²) in [5.41, 5.74) is 0. The maximum absolute atomic E-state index is 10.3. The van der Waals surface area contributed by atoms with Crippen LogP contribution in [-0.4, -0.2) is 10.5 Å². The van der Waals surface area contributed by atoms with Gasteiger partial charge in [-0.25, -0.2) is 9.13 Å². The van der Waals surface area contributed by atoms with Crippen LogP contribution >= 0.6 is 0 Å². The van der Waals surface area contributed by atoms with E-state index in [0.29, 0.717) is 6.42 Å². The van der Waals surface area contributed by atoms with E-state index in [9.17, 15) is 9.90 Å². The molecule has 0 aliphatic carbocycles. The highest BCUT2D eigenvalue weighted by atomic mass is 16.4. The number of nitrogens with zero attached hydrogens (tertiary/aromatic N) is 2. The third kappa shape index (κ3) is 3.08. The van der Waals surface area contributed by atoms with E-state index in [1.165, 1.54) is 5.82 Å². The van der Waals surface area contributed by atoms with Crippen LogP contribution < -0.4 is 9.67 Å². The van der Waals surface area contributed by atoms with Gasteiger partial charge in [-0.05, 0) is 19.8 Å². The summed E-state index contributed by atoms with van der Waals surface area (Å²) < 4.78 is 4.30. The Balaban J connectivity index is 2.60. The Bertz CT molecular complexity index is 331. The SMILES string of the molecule is CCc1n(CC)cc[n+]1CCCC(=O)[O-]. The molecule has 0 radical (unpaired) electrons. The molecule has 0 aliphatic heterocycles. The predicted molar refractivity (Wildman–Crippen MR) is 53.9 cm³/mol. The highest BCUT2D eigenvalue weighted by Gasteiger charge is 2.12. The number of hydrogen-bond acceptors (Lipinski definition) is 2. The number of hydrogen-bond donors (Lipinski definition) is 0. The molecule has 84 valence electrons. The van der Waals surface area contributed by atoms with Crippen LogP contribution in [0.15, 0.2) is 12.4 Å². The lowest BCUT2D eigenvalue weighted by atomic mass is 10.3. The molecular weight excluding hydrogens is 192 g/mol. The van der Waals surface area contributed by atoms with Crippen molar-refractivity contribution in [3.8, 4) is 0 Å². The van der Waals surface area contributed by atoms with E-state index < -0.39 is 5.97 Å². The Morgan fingerprint density at radius 1 is 1.53 bits per heavy atom. The summed E-state index contributed by atoms with van der Waals surface area (Å²) in [6.45, 7) is 5.92. The van der Waals surface area contributed by atoms with Crippen molar-refractivity contribution in [3.63, 3.8) is 0 Å². The summed E-state index contributed by atoms with van der Waals surface area (Å²) in [5, 5.41) is 10.3. The van der Waals surface area contributed by atoms with E-state index in [2.05, 4.69) is 23.0 Å². The Labute approximate surface area is 90.2 Å². The largest absolute Gasteiger partial charge is 0.550 e. The molecule has 0 aliphatic rings. The van der Waals surface area contributed by atoms with Gasteiger partial charge in [0.1, 0.15) is 12.4 Å². The maximum atomic E-state index is 10.3. The van der Waals surface area contributed by atoms with Gasteiger partial charge in [0, 0.05) is 12.4 Å². The number of rotatable bonds is 6. The zero-order valence-electron chi connectivity index (χ0n) is 9.40. The third-order valence-corrected chi connectivity index (χ3v) is 2.53. The second-order valence-corrected chi connectivity index (χ2v) is 3.52. The van der Waals surface area contributed by atoms with Crippen LogP contribution in [0.5, 0.6) is 0 Å². The first-order valence-corrected chi connectivity index (χ1v) is 5.46. The molecule has 0 amide bonds. The molecule has 0 aromatic carbocycles. The summed E-state index contributed by atoms with van der Waals surface area (Å²) >= 11 is 0. The van der Waals surface area contributed by atoms with Crippen LogP contribution in [-0.2, 0) is 24.3 Å². The number of carboxylic acid groups (broad SMARTS) is 1. The molecule has 1 rings (SSSR count). The van der Waals surface area contributed by atoms with Crippen LogP contribution in [0, 0.1) is 0 Å². The van der Waals surface area contributed by atoms with Crippen LogP contribution in [0.2, 0.25) is 0 Å². The lowest BCUT2D eigenvalue weighted by Gasteiger charge is -2.02. The molecule has 4 nitrogen and oxygen atoms in total. The molecule has 15 heavy (non-hydrogen) atoms. The van der Waals surface area contributed by atoms with Crippen LogP contribution in [0.25, 0.3) is 0 Å². The molecule has 0 saturated carbocycles. The fraction of sp³-hybridized carbons (Fsp3) is 0.636. The van der Waals surface area contributed by atoms with Gasteiger partial charge in [0.05, 0.1) is 13.1 Å². The molecule has 0 N–H and O–H groups in total. The molecule has 1 aromatic heterocycles. The van der Waals surface area contributed by atoms with Crippen molar-refractivity contribution in [2.75, 3.05) is 0 Å². The third-order valence-electron chi connectivity index (χ3n) is 2.53. The number of carbonyl (C=O) groups is 1. The Hall–Kier alpha value is -1.32. The van der Waals surface area contributed by atoms with Crippen molar-refractivity contribution < 1.29 is 14.5 Å². The lowest BCUT2D eigenvalue weighted by molar-refractivity contribution is -0.704. The number of carboxylic acids is 1. The van der Waals surface area contributed by atoms with E-state index in [0.717, 1.165) is 19.5 Å². The van der Waals surface area contributed by atoms with Crippen LogP contribution in [0.1, 0.15) is 32.5 Å². The van der Waals surface area contributed by atoms with Crippen molar-refractivity contribution in [2.24, 2.45) is 0 Å². The lowest BCUT2D eigenvalue weighted by Crippen LogP contribution is -2.37. The second-order valence-electron chi connectivity index (χ2n) is 3.52. The Morgan fingerprint density at radius 3 is 2.80 bits per heavy atom. The first-order valence-electron chi connectivity index (χ1n) is 5.46. The first-order chi connectivity index (χ1) is 7.19. The van der Waals surface area contributed by atoms with Crippen molar-refractivity contribution in [1.82, 2.24) is 4.57 Å². The standard InChI is InChI=1S/C11H18N2O2/c1-3-10-12(4-2)8-9-13(10)7-5-6-11(14)15/h8-9H,3-7H2,1-2H3. The van der Waals surface area contributed by atoms with Gasteiger partial charge < -0.3 is 9.90 Å². The maximum Gasteiger partial charge on any atom is 0.256 e. The van der Waals surface area contributed by atoms with Gasteiger partial charge in [-0.3, -0.25) is 0 Å². The molecule has 0 atom stereocenters. The fourth-order valence-corrected chi connectivity index (χ4v) is 1.79. The minimum absolute atomic E-state index is 0.132. The number of aromatic nitrogens is 2. The van der Waals surface area contributed by atoms with Gasteiger partial charge in [-0.2, -0.15) is 0 Å². The zero-order chi connectivity index (χ0) is 11.3. The normalized spacial score (nSPS) is 10.5. The number of aryl methyl sites for hydroxylation is 2. The van der Waals surface area contributed by atoms with Crippen molar-refractivity contribution in [1.29, 1.82) is 0 Å². The van der Waals surface area contributed by atoms with E-state index >= 15 is 0 Å². The van der Waals surface area contributed by atoms with E-state index in [1.54, 1.807) is 0 Å². The van der Waals surface area contributed by atoms with Gasteiger partial charge in [0.2, 0.25) is 0 Å². The number of imidazole rings is 1. The summed E-state index contributed by atoms with van der Waals surface area (Å²) in [4.78, 5) is 10.3. The molecule has 0 fully saturated rings. The van der Waals surface area contributed by atoms with Crippen molar-refractivity contribution in [3.05, 3.63) is 18.2 Å². The number of carbonyl (C=O) groups excluding carboxylic acids is 1. The summed E-state index contributed by atoms with van der Waals surface area (Å²) in [7, 11) is 0. The molecule has 0 saturated heterocycles. The van der Waals surface area contributed by atoms with Gasteiger partial charge in [0.15, 0.2) is 0 Å². The molecular formula is C11H18N2O2. The van der Waals surface area contributed by atoms with Gasteiger partial charge in [-0.1, -0.05) is 6.92 Å². The molecule has 1 aromatic rings. The zero-order valence-corrected chi connectivity index (χ0v) is 9.40. The average Bonchev–Trinajstić information content (AvgIpc) is 2.59. The van der Waals surface area contributed by atoms with Crippen LogP contribution in [0.4, 0.5) is 0 Å². The summed E-state index contributed by atoms with van der Waals surface area (Å²) in [5.74, 6) is 0.277. The fourth-order valence-electron chi connectivity index (χ4n) is 1.79. The van der Waals surface area contributed by atoms with Crippen molar-refractivity contribution in [2.45, 2.75) is 46.2 Å². The van der Waals surface area contributed by atoms with Gasteiger partial charge in [-0.15, -0.1) is 0 Å². The number of aliphatic carboxylic acids is 1. The van der Waals surface area contributed by atoms with E-state index in [4.69, 9.17) is 0 Å². The van der Waals surface area contributed by atoms with Gasteiger partial charge >= 0.3 is 0 Å². The minimum atomic E-state index is -0.969. The van der Waals surface area contributed by atoms with E-state index in [1.807, 2.05) is 12.4 Å². The molecule has 0 bridgehead atoms. The Morgan fingerprint density at radius 2 is 2.27 bits per heavy atom. The molecule has 4 heteroatoms. The van der Waals surface area contributed by atoms with Gasteiger partial charge in [0.25, 0.3) is 5.82 Å². The summed E-state index contributed by atoms with van der Waals surface area (Å²) in [6, 6.07) is 0. The predicted octanol–water partition coefficient (Wildman–Crippen LogP) is -0.112. The average molecular weight is 210 g/mol. The smallest absolute Gasteiger partial charge is 0.256 e. The minimum Gasteiger partial charge on any atom is -0.550 e. The Kier molecular flexibility index (Phi) is 4.34. The topological polar surface area (TPSA) is 48.9 Å². The quantitative estimate of drug-likeness (QED) is 0.615. The van der Waals surface area contributed by atoms with E-state index in [-0.39, 0.29) is 6.42 Å². The molecule has 1 heterocycles. The molecule has 0 spiro atoms. The first kappa shape index (κ1) is 11.8.